The molecule has 0 aromatic heterocycles. The smallest absolute Gasteiger partial charge is 0.125 e. The average molecular weight is 265 g/mol. The molecule has 20 heavy (non-hydrogen) atoms. The van der Waals surface area contributed by atoms with Crippen molar-refractivity contribution in [2.75, 3.05) is 6.54 Å². The van der Waals surface area contributed by atoms with Gasteiger partial charge in [-0.25, -0.2) is 0 Å². The van der Waals surface area contributed by atoms with Gasteiger partial charge < -0.3 is 10.1 Å². The van der Waals surface area contributed by atoms with Crippen LogP contribution in [0.5, 0.6) is 5.75 Å². The van der Waals surface area contributed by atoms with Gasteiger partial charge in [-0.1, -0.05) is 55.0 Å². The second-order valence-corrected chi connectivity index (χ2v) is 4.64. The molecule has 0 aliphatic heterocycles. The van der Waals surface area contributed by atoms with E-state index in [0.29, 0.717) is 0 Å². The van der Waals surface area contributed by atoms with Gasteiger partial charge in [0.15, 0.2) is 0 Å². The van der Waals surface area contributed by atoms with Crippen molar-refractivity contribution in [2.45, 2.75) is 19.4 Å². The molecule has 102 valence electrons. The maximum absolute atomic E-state index is 6.17. The van der Waals surface area contributed by atoms with Crippen LogP contribution >= 0.6 is 0 Å². The number of hydrogen-bond acceptors (Lipinski definition) is 2. The van der Waals surface area contributed by atoms with Crippen molar-refractivity contribution >= 4 is 0 Å². The summed E-state index contributed by atoms with van der Waals surface area (Å²) in [6, 6.07) is 20.7. The molecular formula is C18H19NO. The van der Waals surface area contributed by atoms with Gasteiger partial charge in [-0.2, -0.15) is 0 Å². The first kappa shape index (κ1) is 14.0. The van der Waals surface area contributed by atoms with Crippen LogP contribution in [0, 0.1) is 19.4 Å². The molecular weight excluding hydrogens is 246 g/mol. The minimum absolute atomic E-state index is 0.00171. The van der Waals surface area contributed by atoms with E-state index in [1.165, 1.54) is 0 Å². The largest absolute Gasteiger partial charge is 0.485 e. The van der Waals surface area contributed by atoms with E-state index in [-0.39, 0.29) is 6.10 Å². The minimum atomic E-state index is -0.00171. The second-order valence-electron chi connectivity index (χ2n) is 4.64. The lowest BCUT2D eigenvalue weighted by molar-refractivity contribution is 0.194. The Morgan fingerprint density at radius 3 is 2.50 bits per heavy atom. The quantitative estimate of drug-likeness (QED) is 0.488. The van der Waals surface area contributed by atoms with E-state index in [1.807, 2.05) is 36.4 Å². The number of para-hydroxylation sites is 1. The van der Waals surface area contributed by atoms with Crippen LogP contribution in [0.2, 0.25) is 0 Å². The first-order valence-electron chi connectivity index (χ1n) is 6.77. The van der Waals surface area contributed by atoms with Gasteiger partial charge >= 0.3 is 0 Å². The van der Waals surface area contributed by atoms with Gasteiger partial charge in [0.25, 0.3) is 0 Å². The topological polar surface area (TPSA) is 21.3 Å². The first-order chi connectivity index (χ1) is 9.81. The first-order valence-corrected chi connectivity index (χ1v) is 6.77. The van der Waals surface area contributed by atoms with Crippen molar-refractivity contribution in [2.24, 2.45) is 0 Å². The number of rotatable bonds is 6. The summed E-state index contributed by atoms with van der Waals surface area (Å²) in [5, 5.41) is 2.90. The monoisotopic (exact) mass is 265 g/mol. The lowest BCUT2D eigenvalue weighted by Crippen LogP contribution is -2.16. The summed E-state index contributed by atoms with van der Waals surface area (Å²) in [5.74, 6) is 0.919. The van der Waals surface area contributed by atoms with Gasteiger partial charge in [-0.15, -0.1) is 0 Å². The zero-order chi connectivity index (χ0) is 14.2. The average Bonchev–Trinajstić information content (AvgIpc) is 2.49. The number of hydrogen-bond donors (Lipinski definition) is 1. The Hall–Kier alpha value is -2.40. The Morgan fingerprint density at radius 2 is 1.80 bits per heavy atom. The van der Waals surface area contributed by atoms with E-state index in [0.717, 1.165) is 29.8 Å². The van der Waals surface area contributed by atoms with Crippen molar-refractivity contribution in [1.29, 1.82) is 0 Å². The van der Waals surface area contributed by atoms with Crippen LogP contribution in [0.1, 0.15) is 23.7 Å². The molecule has 0 radical (unpaired) electrons. The minimum Gasteiger partial charge on any atom is -0.485 e. The van der Waals surface area contributed by atoms with Crippen molar-refractivity contribution in [3.05, 3.63) is 65.7 Å². The third-order valence-corrected chi connectivity index (χ3v) is 3.17. The van der Waals surface area contributed by atoms with Gasteiger partial charge in [-0.3, -0.25) is 0 Å². The van der Waals surface area contributed by atoms with Gasteiger partial charge in [-0.05, 0) is 24.1 Å². The summed E-state index contributed by atoms with van der Waals surface area (Å²) in [5.41, 5.74) is 2.30. The van der Waals surface area contributed by atoms with Crippen LogP contribution in [0.15, 0.2) is 54.6 Å². The van der Waals surface area contributed by atoms with Crippen molar-refractivity contribution < 1.29 is 4.74 Å². The molecule has 2 nitrogen and oxygen atoms in total. The maximum atomic E-state index is 6.17. The molecule has 1 atom stereocenters. The molecule has 0 saturated carbocycles. The molecule has 2 rings (SSSR count). The molecule has 0 amide bonds. The maximum Gasteiger partial charge on any atom is 0.125 e. The summed E-state index contributed by atoms with van der Waals surface area (Å²) in [4.78, 5) is 0. The standard InChI is InChI=1S/C18H19NO/c1-3-19-14-13-18(16-10-5-4-6-11-16)20-17-12-8-7-9-15(17)2/h1,4-12,18-19H,13-14H2,2H3/t18-/m1/s1. The molecule has 0 saturated heterocycles. The molecule has 0 bridgehead atoms. The molecule has 0 heterocycles. The van der Waals surface area contributed by atoms with Crippen LogP contribution in [0.4, 0.5) is 0 Å². The molecule has 2 aromatic rings. The van der Waals surface area contributed by atoms with Gasteiger partial charge in [0, 0.05) is 19.0 Å². The van der Waals surface area contributed by atoms with E-state index < -0.39 is 0 Å². The molecule has 2 aromatic carbocycles. The highest BCUT2D eigenvalue weighted by Crippen LogP contribution is 2.26. The van der Waals surface area contributed by atoms with Crippen LogP contribution in [0.3, 0.4) is 0 Å². The molecule has 0 unspecified atom stereocenters. The summed E-state index contributed by atoms with van der Waals surface area (Å²) >= 11 is 0. The van der Waals surface area contributed by atoms with Gasteiger partial charge in [0.1, 0.15) is 11.9 Å². The highest BCUT2D eigenvalue weighted by atomic mass is 16.5. The Morgan fingerprint density at radius 1 is 1.10 bits per heavy atom. The third-order valence-electron chi connectivity index (χ3n) is 3.17. The summed E-state index contributed by atoms with van der Waals surface area (Å²) < 4.78 is 6.17. The summed E-state index contributed by atoms with van der Waals surface area (Å²) in [6.45, 7) is 2.78. The Kier molecular flexibility index (Phi) is 5.08. The fourth-order valence-electron chi connectivity index (χ4n) is 2.08. The van der Waals surface area contributed by atoms with Gasteiger partial charge in [0.2, 0.25) is 0 Å². The second kappa shape index (κ2) is 7.25. The molecule has 0 aliphatic carbocycles. The van der Waals surface area contributed by atoms with E-state index >= 15 is 0 Å². The fourth-order valence-corrected chi connectivity index (χ4v) is 2.08. The van der Waals surface area contributed by atoms with Gasteiger partial charge in [0.05, 0.1) is 0 Å². The Balaban J connectivity index is 2.15. The molecule has 2 heteroatoms. The molecule has 1 N–H and O–H groups in total. The zero-order valence-electron chi connectivity index (χ0n) is 11.7. The lowest BCUT2D eigenvalue weighted by Gasteiger charge is -2.20. The molecule has 0 aliphatic rings. The molecule has 0 fully saturated rings. The lowest BCUT2D eigenvalue weighted by atomic mass is 10.1. The van der Waals surface area contributed by atoms with Crippen molar-refractivity contribution in [1.82, 2.24) is 5.32 Å². The highest BCUT2D eigenvalue weighted by Gasteiger charge is 2.13. The van der Waals surface area contributed by atoms with E-state index in [4.69, 9.17) is 11.2 Å². The van der Waals surface area contributed by atoms with Crippen molar-refractivity contribution in [3.63, 3.8) is 0 Å². The van der Waals surface area contributed by atoms with Crippen LogP contribution in [-0.2, 0) is 0 Å². The van der Waals surface area contributed by atoms with E-state index in [1.54, 1.807) is 0 Å². The van der Waals surface area contributed by atoms with E-state index in [9.17, 15) is 0 Å². The fraction of sp³-hybridized carbons (Fsp3) is 0.222. The third kappa shape index (κ3) is 3.80. The number of terminal acetylenes is 1. The van der Waals surface area contributed by atoms with Crippen LogP contribution in [0.25, 0.3) is 0 Å². The summed E-state index contributed by atoms with van der Waals surface area (Å²) in [6.07, 6.45) is 6.05. The number of aryl methyl sites for hydroxylation is 1. The van der Waals surface area contributed by atoms with Crippen LogP contribution in [-0.4, -0.2) is 6.54 Å². The normalized spacial score (nSPS) is 11.4. The Labute approximate surface area is 120 Å². The van der Waals surface area contributed by atoms with E-state index in [2.05, 4.69) is 36.5 Å². The highest BCUT2D eigenvalue weighted by molar-refractivity contribution is 5.33. The number of nitrogens with one attached hydrogen (secondary N) is 1. The van der Waals surface area contributed by atoms with Crippen LogP contribution < -0.4 is 10.1 Å². The summed E-state index contributed by atoms with van der Waals surface area (Å²) in [7, 11) is 0. The SMILES string of the molecule is C#CNCC[C@@H](Oc1ccccc1C)c1ccccc1. The van der Waals surface area contributed by atoms with Crippen molar-refractivity contribution in [3.8, 4) is 18.2 Å². The zero-order valence-corrected chi connectivity index (χ0v) is 11.7. The number of ether oxygens (including phenoxy) is 1. The predicted molar refractivity (Wildman–Crippen MR) is 82.4 cm³/mol. The predicted octanol–water partition coefficient (Wildman–Crippen LogP) is 3.69. The number of benzene rings is 2. The molecule has 0 spiro atoms. The Bertz CT molecular complexity index is 571.